The minimum atomic E-state index is -0.327. The maximum Gasteiger partial charge on any atom is 0.249 e. The molecule has 1 saturated carbocycles. The van der Waals surface area contributed by atoms with Gasteiger partial charge in [-0.2, -0.15) is 5.10 Å². The number of nitrogens with zero attached hydrogens (tertiary/aromatic N) is 3. The number of benzene rings is 1. The standard InChI is InChI=1S/C28H34N6O2/c1-18(2)27(28(36)31-25-16-23(32-33-25)19-10-11-19)21-8-5-7-20(15-21)22-12-13-24(29-17-22)30-26(35)9-6-14-34(3)4/h5-9,12-13,15-19,27H,10-11,14H2,1-4H3,(H,29,30,35)(H2,31,32,33,36). The van der Waals surface area contributed by atoms with E-state index >= 15 is 0 Å². The van der Waals surface area contributed by atoms with Gasteiger partial charge in [0.2, 0.25) is 11.8 Å². The van der Waals surface area contributed by atoms with Gasteiger partial charge in [0, 0.05) is 42.1 Å². The molecule has 1 aromatic carbocycles. The van der Waals surface area contributed by atoms with Crippen molar-refractivity contribution in [2.45, 2.75) is 38.5 Å². The van der Waals surface area contributed by atoms with Gasteiger partial charge in [0.1, 0.15) is 5.82 Å². The maximum absolute atomic E-state index is 13.2. The number of carbonyl (C=O) groups excluding carboxylic acids is 2. The molecule has 36 heavy (non-hydrogen) atoms. The first kappa shape index (κ1) is 25.3. The van der Waals surface area contributed by atoms with E-state index in [9.17, 15) is 9.59 Å². The summed E-state index contributed by atoms with van der Waals surface area (Å²) in [5, 5.41) is 13.1. The Hall–Kier alpha value is -3.78. The number of nitrogens with one attached hydrogen (secondary N) is 3. The van der Waals surface area contributed by atoms with Crippen molar-refractivity contribution in [1.29, 1.82) is 0 Å². The van der Waals surface area contributed by atoms with Gasteiger partial charge in [-0.3, -0.25) is 14.7 Å². The smallest absolute Gasteiger partial charge is 0.249 e. The van der Waals surface area contributed by atoms with E-state index in [4.69, 9.17) is 0 Å². The average Bonchev–Trinajstić information content (AvgIpc) is 3.58. The molecule has 1 fully saturated rings. The van der Waals surface area contributed by atoms with Crippen molar-refractivity contribution in [1.82, 2.24) is 20.1 Å². The molecule has 0 bridgehead atoms. The number of likely N-dealkylation sites (N-methyl/N-ethyl adjacent to an activating group) is 1. The number of anilines is 2. The first-order valence-electron chi connectivity index (χ1n) is 12.3. The molecule has 1 aliphatic rings. The highest BCUT2D eigenvalue weighted by molar-refractivity contribution is 5.98. The fourth-order valence-corrected chi connectivity index (χ4v) is 4.14. The second-order valence-electron chi connectivity index (χ2n) is 9.91. The normalized spacial score (nSPS) is 14.4. The number of hydrogen-bond donors (Lipinski definition) is 3. The molecule has 1 unspecified atom stereocenters. The molecule has 0 spiro atoms. The van der Waals surface area contributed by atoms with Crippen LogP contribution >= 0.6 is 0 Å². The number of rotatable bonds is 10. The molecule has 3 aromatic rings. The van der Waals surface area contributed by atoms with Crippen molar-refractivity contribution >= 4 is 23.5 Å². The molecule has 1 aliphatic carbocycles. The fraction of sp³-hybridized carbons (Fsp3) is 0.357. The van der Waals surface area contributed by atoms with Crippen LogP contribution < -0.4 is 10.6 Å². The van der Waals surface area contributed by atoms with E-state index in [2.05, 4.69) is 25.8 Å². The number of carbonyl (C=O) groups is 2. The van der Waals surface area contributed by atoms with Crippen molar-refractivity contribution in [3.8, 4) is 11.1 Å². The lowest BCUT2D eigenvalue weighted by Gasteiger charge is -2.21. The highest BCUT2D eigenvalue weighted by atomic mass is 16.2. The van der Waals surface area contributed by atoms with Gasteiger partial charge in [0.15, 0.2) is 5.82 Å². The van der Waals surface area contributed by atoms with Gasteiger partial charge in [0.05, 0.1) is 5.92 Å². The Morgan fingerprint density at radius 3 is 2.56 bits per heavy atom. The highest BCUT2D eigenvalue weighted by Crippen LogP contribution is 2.39. The van der Waals surface area contributed by atoms with Crippen LogP contribution in [0.4, 0.5) is 11.6 Å². The van der Waals surface area contributed by atoms with E-state index in [-0.39, 0.29) is 23.7 Å². The fourth-order valence-electron chi connectivity index (χ4n) is 4.14. The SMILES string of the molecule is CC(C)C(C(=O)Nc1cc(C2CC2)[nH]n1)c1cccc(-c2ccc(NC(=O)C=CCN(C)C)nc2)c1. The van der Waals surface area contributed by atoms with E-state index in [1.807, 2.05) is 69.2 Å². The molecule has 188 valence electrons. The Morgan fingerprint density at radius 1 is 1.08 bits per heavy atom. The topological polar surface area (TPSA) is 103 Å². The van der Waals surface area contributed by atoms with E-state index in [1.165, 1.54) is 18.9 Å². The molecule has 4 rings (SSSR count). The molecule has 2 heterocycles. The third-order valence-electron chi connectivity index (χ3n) is 6.15. The molecule has 0 aliphatic heterocycles. The van der Waals surface area contributed by atoms with Gasteiger partial charge in [-0.05, 0) is 56.1 Å². The van der Waals surface area contributed by atoms with Crippen LogP contribution in [0.3, 0.4) is 0 Å². The number of aromatic amines is 1. The Kier molecular flexibility index (Phi) is 7.95. The van der Waals surface area contributed by atoms with Gasteiger partial charge in [-0.15, -0.1) is 0 Å². The summed E-state index contributed by atoms with van der Waals surface area (Å²) in [7, 11) is 3.88. The van der Waals surface area contributed by atoms with Crippen molar-refractivity contribution < 1.29 is 9.59 Å². The summed E-state index contributed by atoms with van der Waals surface area (Å²) < 4.78 is 0. The van der Waals surface area contributed by atoms with Gasteiger partial charge in [-0.1, -0.05) is 44.2 Å². The predicted octanol–water partition coefficient (Wildman–Crippen LogP) is 4.78. The lowest BCUT2D eigenvalue weighted by atomic mass is 9.86. The summed E-state index contributed by atoms with van der Waals surface area (Å²) in [5.41, 5.74) is 3.88. The third-order valence-corrected chi connectivity index (χ3v) is 6.15. The zero-order chi connectivity index (χ0) is 25.7. The number of hydrogen-bond acceptors (Lipinski definition) is 5. The average molecular weight is 487 g/mol. The second kappa shape index (κ2) is 11.3. The van der Waals surface area contributed by atoms with Crippen LogP contribution in [0.15, 0.2) is 60.8 Å². The molecule has 2 aromatic heterocycles. The van der Waals surface area contributed by atoms with E-state index < -0.39 is 0 Å². The largest absolute Gasteiger partial charge is 0.309 e. The van der Waals surface area contributed by atoms with Crippen molar-refractivity contribution in [2.75, 3.05) is 31.3 Å². The van der Waals surface area contributed by atoms with E-state index in [0.29, 0.717) is 24.1 Å². The maximum atomic E-state index is 13.2. The zero-order valence-electron chi connectivity index (χ0n) is 21.3. The zero-order valence-corrected chi connectivity index (χ0v) is 21.3. The van der Waals surface area contributed by atoms with Gasteiger partial charge < -0.3 is 15.5 Å². The highest BCUT2D eigenvalue weighted by Gasteiger charge is 2.28. The van der Waals surface area contributed by atoms with Crippen LogP contribution in [-0.2, 0) is 9.59 Å². The van der Waals surface area contributed by atoms with Gasteiger partial charge >= 0.3 is 0 Å². The minimum Gasteiger partial charge on any atom is -0.309 e. The summed E-state index contributed by atoms with van der Waals surface area (Å²) >= 11 is 0. The summed E-state index contributed by atoms with van der Waals surface area (Å²) in [5.74, 6) is 1.08. The summed E-state index contributed by atoms with van der Waals surface area (Å²) in [4.78, 5) is 31.7. The number of amides is 2. The lowest BCUT2D eigenvalue weighted by Crippen LogP contribution is -2.25. The quantitative estimate of drug-likeness (QED) is 0.358. The number of H-pyrrole nitrogens is 1. The van der Waals surface area contributed by atoms with Crippen LogP contribution in [0.5, 0.6) is 0 Å². The van der Waals surface area contributed by atoms with E-state index in [0.717, 1.165) is 22.4 Å². The first-order valence-corrected chi connectivity index (χ1v) is 12.3. The molecular formula is C28H34N6O2. The molecular weight excluding hydrogens is 452 g/mol. The molecule has 0 saturated heterocycles. The van der Waals surface area contributed by atoms with Gasteiger partial charge in [-0.25, -0.2) is 4.98 Å². The Bertz CT molecular complexity index is 1220. The Morgan fingerprint density at radius 2 is 1.89 bits per heavy atom. The monoisotopic (exact) mass is 486 g/mol. The van der Waals surface area contributed by atoms with Crippen molar-refractivity contribution in [3.05, 3.63) is 72.1 Å². The summed E-state index contributed by atoms with van der Waals surface area (Å²) in [6, 6.07) is 13.6. The molecule has 8 nitrogen and oxygen atoms in total. The van der Waals surface area contributed by atoms with Crippen LogP contribution in [0.25, 0.3) is 11.1 Å². The van der Waals surface area contributed by atoms with Crippen LogP contribution in [0.1, 0.15) is 49.8 Å². The summed E-state index contributed by atoms with van der Waals surface area (Å²) in [6.45, 7) is 4.78. The van der Waals surface area contributed by atoms with Crippen LogP contribution in [0.2, 0.25) is 0 Å². The number of aromatic nitrogens is 3. The van der Waals surface area contributed by atoms with E-state index in [1.54, 1.807) is 18.3 Å². The lowest BCUT2D eigenvalue weighted by molar-refractivity contribution is -0.118. The molecule has 8 heteroatoms. The van der Waals surface area contributed by atoms with Crippen LogP contribution in [-0.4, -0.2) is 52.5 Å². The molecule has 3 N–H and O–H groups in total. The molecule has 2 amide bonds. The predicted molar refractivity (Wildman–Crippen MR) is 143 cm³/mol. The van der Waals surface area contributed by atoms with Crippen molar-refractivity contribution in [2.24, 2.45) is 5.92 Å². The Labute approximate surface area is 212 Å². The number of pyridine rings is 1. The van der Waals surface area contributed by atoms with Gasteiger partial charge in [0.25, 0.3) is 0 Å². The van der Waals surface area contributed by atoms with Crippen LogP contribution in [0, 0.1) is 5.92 Å². The molecule has 0 radical (unpaired) electrons. The minimum absolute atomic E-state index is 0.0745. The Balaban J connectivity index is 1.45. The second-order valence-corrected chi connectivity index (χ2v) is 9.91. The first-order chi connectivity index (χ1) is 17.3. The molecule has 1 atom stereocenters. The third kappa shape index (κ3) is 6.66. The summed E-state index contributed by atoms with van der Waals surface area (Å²) in [6.07, 6.45) is 7.38. The van der Waals surface area contributed by atoms with Crippen molar-refractivity contribution in [3.63, 3.8) is 0 Å².